The second kappa shape index (κ2) is 19.6. The van der Waals surface area contributed by atoms with Gasteiger partial charge in [-0.05, 0) is 202 Å². The Bertz CT molecular complexity index is 2210. The van der Waals surface area contributed by atoms with Crippen LogP contribution in [-0.2, 0) is 34.8 Å². The predicted molar refractivity (Wildman–Crippen MR) is 264 cm³/mol. The lowest BCUT2D eigenvalue weighted by Gasteiger charge is -2.44. The number of halogens is 3. The number of hydrogen-bond acceptors (Lipinski definition) is 8. The molecule has 0 unspecified atom stereocenters. The average molecular weight is 1070 g/mol. The Morgan fingerprint density at radius 1 is 0.656 bits per heavy atom. The smallest absolute Gasteiger partial charge is 0.150 e. The number of hydrogen-bond donors (Lipinski definition) is 3. The minimum absolute atomic E-state index is 0.0901. The number of anilines is 1. The zero-order valence-electron chi connectivity index (χ0n) is 39.3. The van der Waals surface area contributed by atoms with E-state index in [2.05, 4.69) is 131 Å². The molecule has 2 fully saturated rings. The summed E-state index contributed by atoms with van der Waals surface area (Å²) in [5.74, 6) is 0.990. The average Bonchev–Trinajstić information content (AvgIpc) is 3.69. The molecular weight excluding hydrogens is 1000 g/mol. The number of piperidine rings is 2. The van der Waals surface area contributed by atoms with Crippen molar-refractivity contribution in [1.82, 2.24) is 34.7 Å². The van der Waals surface area contributed by atoms with Crippen molar-refractivity contribution < 1.29 is 11.4 Å². The monoisotopic (exact) mass is 1070 g/mol. The van der Waals surface area contributed by atoms with Crippen LogP contribution in [-0.4, -0.2) is 64.0 Å². The van der Waals surface area contributed by atoms with Gasteiger partial charge in [0, 0.05) is 16.1 Å². The molecule has 15 heteroatoms. The third-order valence-electron chi connectivity index (χ3n) is 12.6. The van der Waals surface area contributed by atoms with Gasteiger partial charge in [0.1, 0.15) is 19.6 Å². The lowest BCUT2D eigenvalue weighted by atomic mass is 9.73. The zero-order chi connectivity index (χ0) is 46.5. The fraction of sp³-hybridized carbons (Fsp3) is 0.565. The van der Waals surface area contributed by atoms with Crippen molar-refractivity contribution in [2.75, 3.05) is 31.1 Å². The van der Waals surface area contributed by atoms with Gasteiger partial charge in [-0.25, -0.2) is 37.8 Å². The van der Waals surface area contributed by atoms with Crippen LogP contribution in [0.3, 0.4) is 0 Å². The van der Waals surface area contributed by atoms with Gasteiger partial charge < -0.3 is 10.2 Å². The topological polar surface area (TPSA) is 125 Å². The zero-order valence-corrected chi connectivity index (χ0v) is 43.7. The molecule has 0 saturated carbocycles. The minimum atomic E-state index is -1.11. The summed E-state index contributed by atoms with van der Waals surface area (Å²) in [5.41, 5.74) is 9.51. The molecule has 2 saturated heterocycles. The highest BCUT2D eigenvalue weighted by Crippen LogP contribution is 2.53. The number of aryl methyl sites for hydroxylation is 4. The van der Waals surface area contributed by atoms with Gasteiger partial charge in [0.05, 0.1) is 66.3 Å². The van der Waals surface area contributed by atoms with E-state index in [1.165, 1.54) is 22.3 Å². The van der Waals surface area contributed by atoms with E-state index in [1.807, 2.05) is 69.2 Å². The fourth-order valence-corrected chi connectivity index (χ4v) is 11.9. The summed E-state index contributed by atoms with van der Waals surface area (Å²) in [6, 6.07) is 17.7. The largest absolute Gasteiger partial charge is 0.355 e. The Morgan fingerprint density at radius 2 is 1.03 bits per heavy atom. The first-order chi connectivity index (χ1) is 29.6. The maximum atomic E-state index is 13.0. The number of nitrogens with zero attached hydrogens (tertiary/aromatic N) is 5. The summed E-state index contributed by atoms with van der Waals surface area (Å²) < 4.78 is 44.6. The van der Waals surface area contributed by atoms with Gasteiger partial charge in [-0.2, -0.15) is 0 Å². The first-order valence-electron chi connectivity index (χ1n) is 22.3. The van der Waals surface area contributed by atoms with Crippen molar-refractivity contribution in [2.24, 2.45) is 10.8 Å². The molecular formula is C46H65Br3N8O2S2. The Morgan fingerprint density at radius 3 is 1.46 bits per heavy atom. The molecule has 4 heterocycles. The molecule has 2 aliphatic carbocycles. The van der Waals surface area contributed by atoms with Crippen molar-refractivity contribution in [3.63, 3.8) is 0 Å². The molecule has 3 N–H and O–H groups in total. The Balaban J connectivity index is 0.000000196. The lowest BCUT2D eigenvalue weighted by Crippen LogP contribution is -2.48. The number of nitrogens with one attached hydrogen (secondary N) is 3. The summed E-state index contributed by atoms with van der Waals surface area (Å²) in [6.07, 6.45) is 6.54. The van der Waals surface area contributed by atoms with E-state index in [0.717, 1.165) is 107 Å². The third-order valence-corrected chi connectivity index (χ3v) is 17.9. The van der Waals surface area contributed by atoms with Crippen LogP contribution < -0.4 is 19.7 Å². The minimum Gasteiger partial charge on any atom is -0.355 e. The molecule has 4 atom stereocenters. The predicted octanol–water partition coefficient (Wildman–Crippen LogP) is 10.4. The maximum Gasteiger partial charge on any atom is 0.150 e. The molecule has 0 amide bonds. The standard InChI is InChI=1S/C23H31BrN4OS.C17H26N2OS.C6H6Br2N2.H2/c1-15-20(24)25-16(2)21(26-15)28-12-10-23(11-13-28)14-17-8-6-7-9-18(17)19(23)27-30(29)22(3,4)5;1-16(2,3)21(20)19-15-14-7-5-4-6-13(14)12-17(15)8-10-18-11-9-17;1-3-5(7)10-4(2)6(8)9-3;/h6-9,19,27H,10-14H2,1-5H3;4-7,15,18-19H,8-12H2,1-3H3;1-2H3;1H/t19-,30-;15-,21-;;/m11../s1/i;;;1+2D. The van der Waals surface area contributed by atoms with Crippen LogP contribution in [0.1, 0.15) is 127 Å². The van der Waals surface area contributed by atoms with Gasteiger partial charge in [-0.15, -0.1) is 0 Å². The molecule has 61 heavy (non-hydrogen) atoms. The lowest BCUT2D eigenvalue weighted by molar-refractivity contribution is 0.165. The first-order valence-corrected chi connectivity index (χ1v) is 26.0. The second-order valence-electron chi connectivity index (χ2n) is 19.1. The van der Waals surface area contributed by atoms with Crippen LogP contribution >= 0.6 is 47.8 Å². The summed E-state index contributed by atoms with van der Waals surface area (Å²) in [5, 5.41) is 3.46. The summed E-state index contributed by atoms with van der Waals surface area (Å²) in [4.78, 5) is 20.1. The van der Waals surface area contributed by atoms with Crippen LogP contribution in [0.2, 0.25) is 0 Å². The Hall–Kier alpha value is -1.98. The summed E-state index contributed by atoms with van der Waals surface area (Å²) in [6.45, 7) is 24.0. The molecule has 10 nitrogen and oxygen atoms in total. The van der Waals surface area contributed by atoms with E-state index in [0.29, 0.717) is 0 Å². The molecule has 334 valence electrons. The van der Waals surface area contributed by atoms with Gasteiger partial charge in [-0.3, -0.25) is 0 Å². The van der Waals surface area contributed by atoms with E-state index in [-0.39, 0.29) is 32.4 Å². The summed E-state index contributed by atoms with van der Waals surface area (Å²) in [7, 11) is -2.14. The molecule has 8 rings (SSSR count). The maximum absolute atomic E-state index is 13.0. The number of benzene rings is 2. The van der Waals surface area contributed by atoms with Crippen LogP contribution in [0, 0.1) is 38.5 Å². The molecule has 4 aromatic rings. The van der Waals surface area contributed by atoms with Gasteiger partial charge >= 0.3 is 0 Å². The molecule has 2 aromatic carbocycles. The fourth-order valence-electron chi connectivity index (χ4n) is 8.95. The van der Waals surface area contributed by atoms with E-state index in [4.69, 9.17) is 7.95 Å². The van der Waals surface area contributed by atoms with Crippen LogP contribution in [0.15, 0.2) is 62.3 Å². The Labute approximate surface area is 397 Å². The number of rotatable bonds is 5. The highest BCUT2D eigenvalue weighted by atomic mass is 79.9. The van der Waals surface area contributed by atoms with Crippen LogP contribution in [0.4, 0.5) is 5.82 Å². The number of fused-ring (bicyclic) bond motifs is 2. The van der Waals surface area contributed by atoms with E-state index < -0.39 is 22.0 Å². The van der Waals surface area contributed by atoms with Gasteiger partial charge in [-0.1, -0.05) is 48.5 Å². The number of aromatic nitrogens is 4. The van der Waals surface area contributed by atoms with Crippen molar-refractivity contribution in [2.45, 2.75) is 129 Å². The molecule has 4 aliphatic rings. The quantitative estimate of drug-likeness (QED) is 0.181. The molecule has 2 spiro atoms. The van der Waals surface area contributed by atoms with Crippen molar-refractivity contribution in [3.8, 4) is 0 Å². The molecule has 2 aliphatic heterocycles. The van der Waals surface area contributed by atoms with Crippen LogP contribution in [0.5, 0.6) is 0 Å². The van der Waals surface area contributed by atoms with Gasteiger partial charge in [0.25, 0.3) is 0 Å². The molecule has 0 bridgehead atoms. The van der Waals surface area contributed by atoms with Crippen LogP contribution in [0.25, 0.3) is 0 Å². The highest BCUT2D eigenvalue weighted by Gasteiger charge is 2.50. The second-order valence-corrected chi connectivity index (χ2v) is 25.3. The van der Waals surface area contributed by atoms with Crippen molar-refractivity contribution in [1.29, 1.82) is 0 Å². The molecule has 0 radical (unpaired) electrons. The SMILES string of the molecule is CC(C)(C)[S@@](=O)N[C@@H]1c2ccccc2CC12CCNCC2.Cc1nc(Br)c(C)nc1Br.Cc1nc(N2CCC3(CC2)Cc2ccccc2[C@H]3N[S@](=O)C(C)(C)C)c(C)nc1Br.[2H][3H]. The third kappa shape index (κ3) is 11.1. The van der Waals surface area contributed by atoms with E-state index in [1.54, 1.807) is 0 Å². The van der Waals surface area contributed by atoms with E-state index >= 15 is 0 Å². The van der Waals surface area contributed by atoms with Gasteiger partial charge in [0.15, 0.2) is 0 Å². The van der Waals surface area contributed by atoms with Gasteiger partial charge in [0.2, 0.25) is 0 Å². The highest BCUT2D eigenvalue weighted by molar-refractivity contribution is 9.11. The normalized spacial score (nSPS) is 21.3. The first kappa shape index (κ1) is 47.0. The van der Waals surface area contributed by atoms with Crippen molar-refractivity contribution >= 4 is 75.6 Å². The molecule has 2 aromatic heterocycles. The van der Waals surface area contributed by atoms with Crippen molar-refractivity contribution in [3.05, 3.63) is 107 Å². The Kier molecular flexibility index (Phi) is 15.1. The summed E-state index contributed by atoms with van der Waals surface area (Å²) >= 11 is 10.1. The van der Waals surface area contributed by atoms with E-state index in [9.17, 15) is 8.42 Å².